The highest BCUT2D eigenvalue weighted by molar-refractivity contribution is 5.59. The summed E-state index contributed by atoms with van der Waals surface area (Å²) in [5, 5.41) is 2.95. The average Bonchev–Trinajstić information content (AvgIpc) is 2.83. The van der Waals surface area contributed by atoms with E-state index in [1.54, 1.807) is 0 Å². The number of hydrogen-bond donors (Lipinski definition) is 1. The Hall–Kier alpha value is -1.89. The Kier molecular flexibility index (Phi) is 4.08. The van der Waals surface area contributed by atoms with Crippen LogP contribution >= 0.6 is 0 Å². The lowest BCUT2D eigenvalue weighted by Gasteiger charge is -2.09. The Bertz CT molecular complexity index is 592. The molecule has 1 aromatic heterocycles. The third kappa shape index (κ3) is 2.98. The number of alkyl halides is 3. The van der Waals surface area contributed by atoms with Gasteiger partial charge in [0.05, 0.1) is 23.9 Å². The van der Waals surface area contributed by atoms with Crippen LogP contribution in [0.1, 0.15) is 18.4 Å². The molecule has 1 aromatic carbocycles. The van der Waals surface area contributed by atoms with E-state index in [1.807, 2.05) is 6.92 Å². The van der Waals surface area contributed by atoms with Crippen LogP contribution in [0.4, 0.5) is 17.6 Å². The van der Waals surface area contributed by atoms with Gasteiger partial charge in [0.25, 0.3) is 0 Å². The molecule has 0 amide bonds. The van der Waals surface area contributed by atoms with E-state index in [9.17, 15) is 17.6 Å². The Labute approximate surface area is 112 Å². The molecule has 0 bridgehead atoms. The minimum absolute atomic E-state index is 0.0264. The highest BCUT2D eigenvalue weighted by Gasteiger charge is 2.35. The zero-order valence-corrected chi connectivity index (χ0v) is 10.6. The van der Waals surface area contributed by atoms with Crippen molar-refractivity contribution in [3.05, 3.63) is 41.7 Å². The van der Waals surface area contributed by atoms with Gasteiger partial charge in [-0.1, -0.05) is 13.0 Å². The first-order valence-electron chi connectivity index (χ1n) is 5.95. The van der Waals surface area contributed by atoms with Gasteiger partial charge in [0, 0.05) is 0 Å². The molecule has 7 heteroatoms. The standard InChI is InChI=1S/C13H12F4N2O/c1-2-18-7-11-19-6-10(20-11)8-4-3-5-9(12(8)14)13(15,16)17/h3-6,18H,2,7H2,1H3. The van der Waals surface area contributed by atoms with Crippen LogP contribution in [0.3, 0.4) is 0 Å². The Morgan fingerprint density at radius 2 is 2.05 bits per heavy atom. The molecule has 20 heavy (non-hydrogen) atoms. The molecule has 2 aromatic rings. The maximum absolute atomic E-state index is 13.9. The monoisotopic (exact) mass is 288 g/mol. The van der Waals surface area contributed by atoms with E-state index < -0.39 is 17.6 Å². The fourth-order valence-electron chi connectivity index (χ4n) is 1.69. The van der Waals surface area contributed by atoms with E-state index >= 15 is 0 Å². The van der Waals surface area contributed by atoms with Crippen molar-refractivity contribution < 1.29 is 22.0 Å². The zero-order chi connectivity index (χ0) is 14.8. The second-order valence-electron chi connectivity index (χ2n) is 4.06. The molecule has 2 rings (SSSR count). The summed E-state index contributed by atoms with van der Waals surface area (Å²) in [6.45, 7) is 2.91. The second kappa shape index (κ2) is 5.62. The van der Waals surface area contributed by atoms with Gasteiger partial charge in [-0.15, -0.1) is 0 Å². The van der Waals surface area contributed by atoms with Gasteiger partial charge >= 0.3 is 6.18 Å². The molecule has 1 heterocycles. The maximum Gasteiger partial charge on any atom is 0.419 e. The Balaban J connectivity index is 2.36. The van der Waals surface area contributed by atoms with Crippen molar-refractivity contribution in [2.75, 3.05) is 6.54 Å². The number of aromatic nitrogens is 1. The van der Waals surface area contributed by atoms with Crippen LogP contribution in [0, 0.1) is 5.82 Å². The summed E-state index contributed by atoms with van der Waals surface area (Å²) in [5.41, 5.74) is -1.57. The van der Waals surface area contributed by atoms with Gasteiger partial charge in [0.2, 0.25) is 5.89 Å². The summed E-state index contributed by atoms with van der Waals surface area (Å²) in [6, 6.07) is 3.05. The molecule has 0 atom stereocenters. The summed E-state index contributed by atoms with van der Waals surface area (Å²) in [7, 11) is 0. The molecule has 3 nitrogen and oxygen atoms in total. The Morgan fingerprint density at radius 3 is 2.70 bits per heavy atom. The quantitative estimate of drug-likeness (QED) is 0.873. The van der Waals surface area contributed by atoms with E-state index in [1.165, 1.54) is 12.3 Å². The summed E-state index contributed by atoms with van der Waals surface area (Å²) in [4.78, 5) is 3.89. The molecule has 0 saturated heterocycles. The largest absolute Gasteiger partial charge is 0.439 e. The zero-order valence-electron chi connectivity index (χ0n) is 10.6. The number of hydrogen-bond acceptors (Lipinski definition) is 3. The molecular formula is C13H12F4N2O. The number of rotatable bonds is 4. The summed E-state index contributed by atoms with van der Waals surface area (Å²) in [6.07, 6.45) is -3.53. The van der Waals surface area contributed by atoms with E-state index in [-0.39, 0.29) is 11.3 Å². The van der Waals surface area contributed by atoms with Crippen molar-refractivity contribution in [3.8, 4) is 11.3 Å². The average molecular weight is 288 g/mol. The van der Waals surface area contributed by atoms with E-state index in [0.29, 0.717) is 25.0 Å². The van der Waals surface area contributed by atoms with E-state index in [4.69, 9.17) is 4.42 Å². The highest BCUT2D eigenvalue weighted by atomic mass is 19.4. The smallest absolute Gasteiger partial charge is 0.419 e. The molecule has 0 saturated carbocycles. The fraction of sp³-hybridized carbons (Fsp3) is 0.308. The first-order valence-corrected chi connectivity index (χ1v) is 5.95. The van der Waals surface area contributed by atoms with E-state index in [0.717, 1.165) is 6.07 Å². The van der Waals surface area contributed by atoms with Crippen LogP contribution in [0.5, 0.6) is 0 Å². The van der Waals surface area contributed by atoms with Gasteiger partial charge in [-0.2, -0.15) is 13.2 Å². The van der Waals surface area contributed by atoms with E-state index in [2.05, 4.69) is 10.3 Å². The molecule has 0 fully saturated rings. The van der Waals surface area contributed by atoms with Gasteiger partial charge in [-0.25, -0.2) is 9.37 Å². The van der Waals surface area contributed by atoms with Crippen LogP contribution in [0.15, 0.2) is 28.8 Å². The van der Waals surface area contributed by atoms with Gasteiger partial charge in [-0.05, 0) is 18.7 Å². The maximum atomic E-state index is 13.9. The lowest BCUT2D eigenvalue weighted by Crippen LogP contribution is -2.11. The minimum atomic E-state index is -4.74. The van der Waals surface area contributed by atoms with Gasteiger partial charge in [-0.3, -0.25) is 0 Å². The number of nitrogens with one attached hydrogen (secondary N) is 1. The van der Waals surface area contributed by atoms with Crippen LogP contribution in [-0.4, -0.2) is 11.5 Å². The SMILES string of the molecule is CCNCc1ncc(-c2cccc(C(F)(F)F)c2F)o1. The van der Waals surface area contributed by atoms with Crippen LogP contribution in [0.2, 0.25) is 0 Å². The normalized spacial score (nSPS) is 11.8. The molecule has 0 aliphatic carbocycles. The first kappa shape index (κ1) is 14.5. The lowest BCUT2D eigenvalue weighted by molar-refractivity contribution is -0.139. The van der Waals surface area contributed by atoms with Crippen molar-refractivity contribution in [2.45, 2.75) is 19.6 Å². The van der Waals surface area contributed by atoms with Crippen LogP contribution in [-0.2, 0) is 12.7 Å². The fourth-order valence-corrected chi connectivity index (χ4v) is 1.69. The molecule has 0 radical (unpaired) electrons. The second-order valence-corrected chi connectivity index (χ2v) is 4.06. The third-order valence-corrected chi connectivity index (χ3v) is 2.65. The van der Waals surface area contributed by atoms with Gasteiger partial charge in [0.1, 0.15) is 5.82 Å². The molecular weight excluding hydrogens is 276 g/mol. The van der Waals surface area contributed by atoms with Gasteiger partial charge < -0.3 is 9.73 Å². The molecule has 108 valence electrons. The summed E-state index contributed by atoms with van der Waals surface area (Å²) < 4.78 is 57.0. The van der Waals surface area contributed by atoms with Crippen molar-refractivity contribution >= 4 is 0 Å². The van der Waals surface area contributed by atoms with Crippen LogP contribution in [0.25, 0.3) is 11.3 Å². The van der Waals surface area contributed by atoms with Crippen molar-refractivity contribution in [3.63, 3.8) is 0 Å². The van der Waals surface area contributed by atoms with Gasteiger partial charge in [0.15, 0.2) is 5.76 Å². The molecule has 0 unspecified atom stereocenters. The number of oxazole rings is 1. The van der Waals surface area contributed by atoms with Crippen molar-refractivity contribution in [1.29, 1.82) is 0 Å². The lowest BCUT2D eigenvalue weighted by atomic mass is 10.1. The van der Waals surface area contributed by atoms with Crippen molar-refractivity contribution in [2.24, 2.45) is 0 Å². The molecule has 0 spiro atoms. The summed E-state index contributed by atoms with van der Waals surface area (Å²) in [5.74, 6) is -1.09. The summed E-state index contributed by atoms with van der Waals surface area (Å²) >= 11 is 0. The predicted molar refractivity (Wildman–Crippen MR) is 64.3 cm³/mol. The third-order valence-electron chi connectivity index (χ3n) is 2.65. The Morgan fingerprint density at radius 1 is 1.30 bits per heavy atom. The molecule has 0 aliphatic rings. The molecule has 1 N–H and O–H groups in total. The highest BCUT2D eigenvalue weighted by Crippen LogP contribution is 2.35. The number of nitrogens with zero attached hydrogens (tertiary/aromatic N) is 1. The number of benzene rings is 1. The first-order chi connectivity index (χ1) is 9.43. The number of halogens is 4. The van der Waals surface area contributed by atoms with Crippen molar-refractivity contribution in [1.82, 2.24) is 10.3 Å². The predicted octanol–water partition coefficient (Wildman–Crippen LogP) is 3.61. The molecule has 0 aliphatic heterocycles. The topological polar surface area (TPSA) is 38.1 Å². The minimum Gasteiger partial charge on any atom is -0.439 e. The van der Waals surface area contributed by atoms with Crippen LogP contribution < -0.4 is 5.32 Å².